The Balaban J connectivity index is 1.77. The molecule has 1 unspecified atom stereocenters. The largest absolute Gasteiger partial charge is 0.465 e. The van der Waals surface area contributed by atoms with Crippen LogP contribution in [0.15, 0.2) is 42.6 Å². The average molecular weight is 446 g/mol. The molecule has 1 aromatic heterocycles. The van der Waals surface area contributed by atoms with Crippen molar-refractivity contribution >= 4 is 33.4 Å². The molecule has 1 aliphatic rings. The first-order chi connectivity index (χ1) is 14.7. The van der Waals surface area contributed by atoms with Crippen molar-refractivity contribution in [2.24, 2.45) is 5.92 Å². The molecule has 1 aliphatic carbocycles. The van der Waals surface area contributed by atoms with Crippen molar-refractivity contribution in [3.8, 4) is 0 Å². The van der Waals surface area contributed by atoms with E-state index in [1.807, 2.05) is 0 Å². The number of amides is 1. The molecule has 1 amide bonds. The highest BCUT2D eigenvalue weighted by Gasteiger charge is 2.27. The Morgan fingerprint density at radius 2 is 1.81 bits per heavy atom. The minimum atomic E-state index is -3.37. The molecular formula is C22H27N3O5S. The van der Waals surface area contributed by atoms with Crippen LogP contribution in [0.1, 0.15) is 53.9 Å². The summed E-state index contributed by atoms with van der Waals surface area (Å²) in [6, 6.07) is 9.99. The van der Waals surface area contributed by atoms with E-state index in [1.165, 1.54) is 26.1 Å². The van der Waals surface area contributed by atoms with E-state index < -0.39 is 21.9 Å². The minimum absolute atomic E-state index is 0.186. The highest BCUT2D eigenvalue weighted by Crippen LogP contribution is 2.35. The van der Waals surface area contributed by atoms with Gasteiger partial charge in [-0.15, -0.1) is 0 Å². The molecule has 0 saturated heterocycles. The van der Waals surface area contributed by atoms with E-state index in [9.17, 15) is 18.0 Å². The zero-order chi connectivity index (χ0) is 22.4. The van der Waals surface area contributed by atoms with Gasteiger partial charge in [-0.2, -0.15) is 0 Å². The molecule has 1 aromatic carbocycles. The Hall–Kier alpha value is -2.94. The van der Waals surface area contributed by atoms with Crippen molar-refractivity contribution in [2.75, 3.05) is 23.4 Å². The fraction of sp³-hybridized carbons (Fsp3) is 0.409. The van der Waals surface area contributed by atoms with E-state index in [4.69, 9.17) is 0 Å². The minimum Gasteiger partial charge on any atom is -0.465 e. The van der Waals surface area contributed by atoms with Gasteiger partial charge in [0.25, 0.3) is 0 Å². The number of benzene rings is 1. The van der Waals surface area contributed by atoms with Crippen LogP contribution >= 0.6 is 0 Å². The second-order valence-corrected chi connectivity index (χ2v) is 9.60. The summed E-state index contributed by atoms with van der Waals surface area (Å²) < 4.78 is 30.0. The smallest absolute Gasteiger partial charge is 0.339 e. The topological polar surface area (TPSA) is 114 Å². The third kappa shape index (κ3) is 6.52. The van der Waals surface area contributed by atoms with E-state index in [-0.39, 0.29) is 5.91 Å². The van der Waals surface area contributed by atoms with Crippen molar-refractivity contribution in [1.82, 2.24) is 4.98 Å². The van der Waals surface area contributed by atoms with Gasteiger partial charge < -0.3 is 10.1 Å². The molecule has 0 spiro atoms. The lowest BCUT2D eigenvalue weighted by Gasteiger charge is -2.21. The van der Waals surface area contributed by atoms with Gasteiger partial charge in [-0.3, -0.25) is 9.52 Å². The Morgan fingerprint density at radius 3 is 2.35 bits per heavy atom. The number of hydrogen-bond donors (Lipinski definition) is 2. The van der Waals surface area contributed by atoms with Crippen LogP contribution in [0.3, 0.4) is 0 Å². The van der Waals surface area contributed by atoms with Gasteiger partial charge in [-0.05, 0) is 42.2 Å². The molecule has 31 heavy (non-hydrogen) atoms. The van der Waals surface area contributed by atoms with Crippen LogP contribution < -0.4 is 10.0 Å². The molecule has 0 aliphatic heterocycles. The van der Waals surface area contributed by atoms with E-state index >= 15 is 0 Å². The molecule has 1 atom stereocenters. The molecular weight excluding hydrogens is 418 g/mol. The van der Waals surface area contributed by atoms with Crippen molar-refractivity contribution < 1.29 is 22.7 Å². The molecule has 166 valence electrons. The monoisotopic (exact) mass is 445 g/mol. The Bertz CT molecular complexity index is 1010. The summed E-state index contributed by atoms with van der Waals surface area (Å²) in [5.41, 5.74) is 1.57. The van der Waals surface area contributed by atoms with E-state index in [1.54, 1.807) is 36.4 Å². The number of sulfonamides is 1. The number of nitrogens with one attached hydrogen (secondary N) is 2. The van der Waals surface area contributed by atoms with Crippen molar-refractivity contribution in [1.29, 1.82) is 0 Å². The molecule has 8 nitrogen and oxygen atoms in total. The number of hydrogen-bond acceptors (Lipinski definition) is 6. The summed E-state index contributed by atoms with van der Waals surface area (Å²) in [5.74, 6) is -0.248. The lowest BCUT2D eigenvalue weighted by atomic mass is 9.87. The first kappa shape index (κ1) is 22.7. The first-order valence-corrected chi connectivity index (χ1v) is 12.1. The summed E-state index contributed by atoms with van der Waals surface area (Å²) in [4.78, 5) is 28.8. The molecule has 3 rings (SSSR count). The highest BCUT2D eigenvalue weighted by atomic mass is 32.2. The number of rotatable bonds is 8. The van der Waals surface area contributed by atoms with Crippen molar-refractivity contribution in [2.45, 2.75) is 38.0 Å². The zero-order valence-corrected chi connectivity index (χ0v) is 18.4. The number of carbonyl (C=O) groups excluding carboxylic acids is 2. The maximum absolute atomic E-state index is 13.1. The van der Waals surface area contributed by atoms with Crippen LogP contribution in [-0.2, 0) is 19.6 Å². The van der Waals surface area contributed by atoms with E-state index in [2.05, 4.69) is 19.8 Å². The van der Waals surface area contributed by atoms with Crippen LogP contribution in [0.25, 0.3) is 0 Å². The van der Waals surface area contributed by atoms with Crippen LogP contribution in [0, 0.1) is 5.92 Å². The first-order valence-electron chi connectivity index (χ1n) is 10.2. The number of nitrogens with zero attached hydrogens (tertiary/aromatic N) is 1. The predicted octanol–water partition coefficient (Wildman–Crippen LogP) is 3.54. The molecule has 0 radical (unpaired) electrons. The van der Waals surface area contributed by atoms with Crippen LogP contribution in [0.5, 0.6) is 0 Å². The second kappa shape index (κ2) is 9.91. The number of carbonyl (C=O) groups is 2. The molecule has 1 heterocycles. The van der Waals surface area contributed by atoms with Gasteiger partial charge in [0, 0.05) is 11.9 Å². The number of ether oxygens (including phenoxy) is 1. The molecule has 1 fully saturated rings. The Labute approximate surface area is 182 Å². The maximum atomic E-state index is 13.1. The molecule has 9 heteroatoms. The van der Waals surface area contributed by atoms with Crippen LogP contribution in [0.2, 0.25) is 0 Å². The van der Waals surface area contributed by atoms with Gasteiger partial charge in [0.2, 0.25) is 15.9 Å². The number of pyridine rings is 1. The van der Waals surface area contributed by atoms with Crippen molar-refractivity contribution in [3.05, 3.63) is 53.7 Å². The summed E-state index contributed by atoms with van der Waals surface area (Å²) >= 11 is 0. The quantitative estimate of drug-likeness (QED) is 0.601. The molecule has 2 aromatic rings. The summed E-state index contributed by atoms with van der Waals surface area (Å²) in [5, 5.41) is 2.84. The van der Waals surface area contributed by atoms with Crippen LogP contribution in [0.4, 0.5) is 11.5 Å². The Morgan fingerprint density at radius 1 is 1.13 bits per heavy atom. The van der Waals surface area contributed by atoms with Gasteiger partial charge >= 0.3 is 5.97 Å². The SMILES string of the molecule is COC(=O)c1ccc(NC(=O)C(CC2CCCC2)c2ccc(NS(C)(=O)=O)cc2)nc1. The Kier molecular flexibility index (Phi) is 7.27. The third-order valence-corrected chi connectivity index (χ3v) is 6.02. The van der Waals surface area contributed by atoms with Gasteiger partial charge in [0.1, 0.15) is 5.82 Å². The number of esters is 1. The summed E-state index contributed by atoms with van der Waals surface area (Å²) in [6.07, 6.45) is 7.71. The number of anilines is 2. The predicted molar refractivity (Wildman–Crippen MR) is 118 cm³/mol. The summed E-state index contributed by atoms with van der Waals surface area (Å²) in [6.45, 7) is 0. The standard InChI is InChI=1S/C22H27N3O5S/c1-30-22(27)17-9-12-20(23-14-17)24-21(26)19(13-15-5-3-4-6-15)16-7-10-18(11-8-16)25-31(2,28)29/h7-12,14-15,19,25H,3-6,13H2,1-2H3,(H,23,24,26). The third-order valence-electron chi connectivity index (χ3n) is 5.41. The summed E-state index contributed by atoms with van der Waals surface area (Å²) in [7, 11) is -2.07. The highest BCUT2D eigenvalue weighted by molar-refractivity contribution is 7.92. The second-order valence-electron chi connectivity index (χ2n) is 7.85. The number of aromatic nitrogens is 1. The van der Waals surface area contributed by atoms with E-state index in [0.717, 1.165) is 24.7 Å². The number of methoxy groups -OCH3 is 1. The molecule has 0 bridgehead atoms. The van der Waals surface area contributed by atoms with Gasteiger partial charge in [0.15, 0.2) is 0 Å². The molecule has 2 N–H and O–H groups in total. The van der Waals surface area contributed by atoms with Gasteiger partial charge in [0.05, 0.1) is 24.8 Å². The zero-order valence-electron chi connectivity index (χ0n) is 17.6. The fourth-order valence-electron chi connectivity index (χ4n) is 3.89. The maximum Gasteiger partial charge on any atom is 0.339 e. The lowest BCUT2D eigenvalue weighted by Crippen LogP contribution is -2.23. The van der Waals surface area contributed by atoms with E-state index in [0.29, 0.717) is 29.4 Å². The normalized spacial score (nSPS) is 15.3. The average Bonchev–Trinajstić information content (AvgIpc) is 3.25. The van der Waals surface area contributed by atoms with Crippen LogP contribution in [-0.4, -0.2) is 38.6 Å². The molecule has 1 saturated carbocycles. The lowest BCUT2D eigenvalue weighted by molar-refractivity contribution is -0.118. The van der Waals surface area contributed by atoms with Gasteiger partial charge in [-0.25, -0.2) is 18.2 Å². The van der Waals surface area contributed by atoms with Gasteiger partial charge in [-0.1, -0.05) is 37.8 Å². The van der Waals surface area contributed by atoms with Crippen molar-refractivity contribution in [3.63, 3.8) is 0 Å². The fourth-order valence-corrected chi connectivity index (χ4v) is 4.46.